The van der Waals surface area contributed by atoms with Crippen LogP contribution in [0.2, 0.25) is 0 Å². The summed E-state index contributed by atoms with van der Waals surface area (Å²) in [4.78, 5) is 10.6. The SMILES string of the molecule is IN[C@H](C=NOCCCO/N=C\[C@H](Cc1ccccc1)NI)Cc1ccccc1. The van der Waals surface area contributed by atoms with E-state index in [4.69, 9.17) is 9.68 Å². The Labute approximate surface area is 200 Å². The molecular formula is C21H26I2N4O2. The Bertz CT molecular complexity index is 656. The average molecular weight is 620 g/mol. The summed E-state index contributed by atoms with van der Waals surface area (Å²) < 4.78 is 6.39. The van der Waals surface area contributed by atoms with Crippen LogP contribution in [0.15, 0.2) is 71.0 Å². The van der Waals surface area contributed by atoms with Gasteiger partial charge in [-0.05, 0) is 24.0 Å². The third kappa shape index (κ3) is 10.9. The number of rotatable bonds is 14. The van der Waals surface area contributed by atoms with Gasteiger partial charge in [-0.3, -0.25) is 7.06 Å². The number of hydrogen-bond acceptors (Lipinski definition) is 6. The van der Waals surface area contributed by atoms with E-state index in [1.165, 1.54) is 11.1 Å². The highest BCUT2D eigenvalue weighted by Crippen LogP contribution is 2.04. The Morgan fingerprint density at radius 3 is 1.52 bits per heavy atom. The van der Waals surface area contributed by atoms with Gasteiger partial charge in [0.2, 0.25) is 0 Å². The van der Waals surface area contributed by atoms with Gasteiger partial charge in [0.1, 0.15) is 13.2 Å². The first kappa shape index (κ1) is 24.0. The highest BCUT2D eigenvalue weighted by Gasteiger charge is 2.05. The molecule has 6 nitrogen and oxygen atoms in total. The van der Waals surface area contributed by atoms with Crippen molar-refractivity contribution in [1.82, 2.24) is 7.06 Å². The summed E-state index contributed by atoms with van der Waals surface area (Å²) >= 11 is 4.27. The number of nitrogens with one attached hydrogen (secondary N) is 2. The topological polar surface area (TPSA) is 67.2 Å². The molecule has 0 aliphatic rings. The first-order chi connectivity index (χ1) is 14.3. The first-order valence-electron chi connectivity index (χ1n) is 9.43. The van der Waals surface area contributed by atoms with Crippen molar-refractivity contribution in [3.05, 3.63) is 71.8 Å². The van der Waals surface area contributed by atoms with E-state index in [-0.39, 0.29) is 12.1 Å². The fraction of sp³-hybridized carbons (Fsp3) is 0.333. The van der Waals surface area contributed by atoms with Crippen molar-refractivity contribution in [3.63, 3.8) is 0 Å². The van der Waals surface area contributed by atoms with Gasteiger partial charge in [0.05, 0.1) is 24.5 Å². The molecule has 156 valence electrons. The zero-order chi connectivity index (χ0) is 20.6. The number of benzene rings is 2. The quantitative estimate of drug-likeness (QED) is 0.108. The highest BCUT2D eigenvalue weighted by molar-refractivity contribution is 14.1. The van der Waals surface area contributed by atoms with E-state index < -0.39 is 0 Å². The van der Waals surface area contributed by atoms with Crippen molar-refractivity contribution in [2.24, 2.45) is 10.3 Å². The second-order valence-electron chi connectivity index (χ2n) is 6.34. The van der Waals surface area contributed by atoms with E-state index in [1.54, 1.807) is 12.4 Å². The Kier molecular flexibility index (Phi) is 12.9. The van der Waals surface area contributed by atoms with E-state index in [0.29, 0.717) is 13.2 Å². The minimum absolute atomic E-state index is 0.126. The van der Waals surface area contributed by atoms with E-state index >= 15 is 0 Å². The van der Waals surface area contributed by atoms with E-state index in [0.717, 1.165) is 19.3 Å². The Hall–Kier alpha value is -1.24. The fourth-order valence-corrected chi connectivity index (χ4v) is 3.26. The van der Waals surface area contributed by atoms with Crippen LogP contribution in [0.1, 0.15) is 17.5 Å². The minimum atomic E-state index is 0.126. The molecule has 0 aromatic heterocycles. The first-order valence-corrected chi connectivity index (χ1v) is 11.6. The summed E-state index contributed by atoms with van der Waals surface area (Å²) in [5.74, 6) is 0. The molecule has 0 saturated heterocycles. The zero-order valence-electron chi connectivity index (χ0n) is 16.1. The van der Waals surface area contributed by atoms with Crippen molar-refractivity contribution in [2.45, 2.75) is 31.3 Å². The number of oxime groups is 2. The molecule has 0 amide bonds. The van der Waals surface area contributed by atoms with Crippen LogP contribution in [-0.2, 0) is 22.5 Å². The summed E-state index contributed by atoms with van der Waals surface area (Å²) in [5, 5.41) is 8.10. The third-order valence-corrected chi connectivity index (χ3v) is 5.58. The standard InChI is InChI=1S/C21H26I2N4O2/c22-26-20(14-18-8-3-1-4-9-18)16-24-28-12-7-13-29-25-17-21(27-23)15-19-10-5-2-6-11-19/h1-6,8-11,16-17,20-21,26-27H,7,12-15H2/b24-16-,25-17?/t20-,21-/m0/s1. The number of halogens is 2. The van der Waals surface area contributed by atoms with Crippen LogP contribution in [0.4, 0.5) is 0 Å². The number of hydrogen-bond donors (Lipinski definition) is 2. The van der Waals surface area contributed by atoms with Crippen LogP contribution in [0.25, 0.3) is 0 Å². The van der Waals surface area contributed by atoms with Crippen molar-refractivity contribution in [1.29, 1.82) is 0 Å². The van der Waals surface area contributed by atoms with Gasteiger partial charge in [-0.2, -0.15) is 0 Å². The molecule has 2 N–H and O–H groups in total. The lowest BCUT2D eigenvalue weighted by atomic mass is 10.1. The molecule has 29 heavy (non-hydrogen) atoms. The maximum absolute atomic E-state index is 5.31. The predicted molar refractivity (Wildman–Crippen MR) is 136 cm³/mol. The Morgan fingerprint density at radius 1 is 0.724 bits per heavy atom. The summed E-state index contributed by atoms with van der Waals surface area (Å²) in [5.41, 5.74) is 2.51. The summed E-state index contributed by atoms with van der Waals surface area (Å²) in [6, 6.07) is 20.8. The van der Waals surface area contributed by atoms with Gasteiger partial charge in [-0.1, -0.05) is 71.0 Å². The van der Waals surface area contributed by atoms with Crippen LogP contribution in [0.5, 0.6) is 0 Å². The molecule has 2 rings (SSSR count). The summed E-state index contributed by atoms with van der Waals surface area (Å²) in [6.07, 6.45) is 6.03. The molecule has 0 fully saturated rings. The monoisotopic (exact) mass is 620 g/mol. The van der Waals surface area contributed by atoms with Crippen LogP contribution in [0.3, 0.4) is 0 Å². The van der Waals surface area contributed by atoms with Gasteiger partial charge in [0.25, 0.3) is 0 Å². The van der Waals surface area contributed by atoms with Crippen molar-refractivity contribution < 1.29 is 9.68 Å². The lowest BCUT2D eigenvalue weighted by molar-refractivity contribution is 0.0906. The molecule has 0 unspecified atom stereocenters. The van der Waals surface area contributed by atoms with Crippen LogP contribution in [-0.4, -0.2) is 37.7 Å². The molecule has 0 spiro atoms. The van der Waals surface area contributed by atoms with Gasteiger partial charge >= 0.3 is 0 Å². The van der Waals surface area contributed by atoms with Gasteiger partial charge in [0, 0.05) is 52.1 Å². The molecule has 2 aromatic rings. The third-order valence-electron chi connectivity index (χ3n) is 3.98. The Morgan fingerprint density at radius 2 is 1.14 bits per heavy atom. The van der Waals surface area contributed by atoms with Crippen LogP contribution < -0.4 is 7.06 Å². The van der Waals surface area contributed by atoms with Crippen LogP contribution in [0, 0.1) is 0 Å². The largest absolute Gasteiger partial charge is 0.396 e. The molecular weight excluding hydrogens is 594 g/mol. The number of nitrogens with zero attached hydrogens (tertiary/aromatic N) is 2. The van der Waals surface area contributed by atoms with E-state index in [2.05, 4.69) is 87.4 Å². The summed E-state index contributed by atoms with van der Waals surface area (Å²) in [7, 11) is 0. The van der Waals surface area contributed by atoms with Crippen molar-refractivity contribution in [3.8, 4) is 0 Å². The van der Waals surface area contributed by atoms with E-state index in [1.807, 2.05) is 36.4 Å². The van der Waals surface area contributed by atoms with Crippen molar-refractivity contribution in [2.75, 3.05) is 13.2 Å². The fourth-order valence-electron chi connectivity index (χ4n) is 2.50. The lowest BCUT2D eigenvalue weighted by Gasteiger charge is -2.09. The van der Waals surface area contributed by atoms with Gasteiger partial charge in [-0.15, -0.1) is 0 Å². The molecule has 0 saturated carbocycles. The maximum Gasteiger partial charge on any atom is 0.120 e. The zero-order valence-corrected chi connectivity index (χ0v) is 20.4. The second kappa shape index (κ2) is 15.6. The molecule has 8 heteroatoms. The predicted octanol–water partition coefficient (Wildman–Crippen LogP) is 4.48. The van der Waals surface area contributed by atoms with Gasteiger partial charge < -0.3 is 9.68 Å². The van der Waals surface area contributed by atoms with Gasteiger partial charge in [-0.25, -0.2) is 0 Å². The molecule has 2 aromatic carbocycles. The molecule has 0 heterocycles. The molecule has 0 aliphatic heterocycles. The van der Waals surface area contributed by atoms with Crippen LogP contribution >= 0.6 is 45.7 Å². The smallest absolute Gasteiger partial charge is 0.120 e. The second-order valence-corrected chi connectivity index (χ2v) is 7.59. The molecule has 0 radical (unpaired) electrons. The average Bonchev–Trinajstić information content (AvgIpc) is 2.77. The Balaban J connectivity index is 1.56. The highest BCUT2D eigenvalue weighted by atomic mass is 127. The lowest BCUT2D eigenvalue weighted by Crippen LogP contribution is -2.24. The van der Waals surface area contributed by atoms with E-state index in [9.17, 15) is 0 Å². The van der Waals surface area contributed by atoms with Gasteiger partial charge in [0.15, 0.2) is 0 Å². The summed E-state index contributed by atoms with van der Waals surface area (Å²) in [6.45, 7) is 0.979. The molecule has 0 aliphatic carbocycles. The molecule has 2 atom stereocenters. The normalized spacial score (nSPS) is 13.6. The van der Waals surface area contributed by atoms with Crippen molar-refractivity contribution >= 4 is 58.2 Å². The maximum atomic E-state index is 5.31. The molecule has 0 bridgehead atoms. The minimum Gasteiger partial charge on any atom is -0.396 e.